The fraction of sp³-hybridized carbons (Fsp3) is 0.174. The number of benzene rings is 2. The summed E-state index contributed by atoms with van der Waals surface area (Å²) in [6, 6.07) is 14.7. The highest BCUT2D eigenvalue weighted by Gasteiger charge is 2.13. The van der Waals surface area contributed by atoms with Gasteiger partial charge in [-0.05, 0) is 31.2 Å². The summed E-state index contributed by atoms with van der Waals surface area (Å²) in [6.45, 7) is -1.62. The Morgan fingerprint density at radius 1 is 1.12 bits per heavy atom. The minimum atomic E-state index is -3.03. The van der Waals surface area contributed by atoms with Gasteiger partial charge in [0.15, 0.2) is 0 Å². The summed E-state index contributed by atoms with van der Waals surface area (Å²) in [5.41, 5.74) is 0.233. The topological polar surface area (TPSA) is 86.6 Å². The molecule has 0 aliphatic heterocycles. The van der Waals surface area contributed by atoms with Crippen LogP contribution in [0.25, 0.3) is 12.2 Å². The van der Waals surface area contributed by atoms with Gasteiger partial charge in [0.05, 0.1) is 17.2 Å². The van der Waals surface area contributed by atoms with Gasteiger partial charge < -0.3 is 14.8 Å². The molecule has 33 heavy (non-hydrogen) atoms. The number of halogens is 2. The van der Waals surface area contributed by atoms with E-state index >= 15 is 0 Å². The molecular weight excluding hydrogens is 454 g/mol. The summed E-state index contributed by atoms with van der Waals surface area (Å²) in [5, 5.41) is 2.68. The monoisotopic (exact) mass is 474 g/mol. The maximum absolute atomic E-state index is 13.1. The smallest absolute Gasteiger partial charge is 0.387 e. The Labute approximate surface area is 191 Å². The van der Waals surface area contributed by atoms with Crippen molar-refractivity contribution in [2.24, 2.45) is 0 Å². The second-order valence-electron chi connectivity index (χ2n) is 6.57. The van der Waals surface area contributed by atoms with Crippen molar-refractivity contribution in [3.05, 3.63) is 79.7 Å². The number of nitrogens with one attached hydrogen (secondary N) is 1. The molecule has 1 aromatic heterocycles. The third-order valence-electron chi connectivity index (χ3n) is 4.25. The molecule has 0 saturated heterocycles. The van der Waals surface area contributed by atoms with Crippen molar-refractivity contribution in [1.29, 1.82) is 0 Å². The van der Waals surface area contributed by atoms with Crippen molar-refractivity contribution < 1.29 is 27.8 Å². The predicted octanol–water partition coefficient (Wildman–Crippen LogP) is 2.32. The Hall–Kier alpha value is -3.79. The molecule has 0 unspecified atom stereocenters. The summed E-state index contributed by atoms with van der Waals surface area (Å²) in [4.78, 5) is 37.6. The van der Waals surface area contributed by atoms with Crippen molar-refractivity contribution in [3.63, 3.8) is 0 Å². The van der Waals surface area contributed by atoms with Gasteiger partial charge in [-0.15, -0.1) is 11.3 Å². The zero-order chi connectivity index (χ0) is 23.8. The zero-order valence-corrected chi connectivity index (χ0v) is 18.3. The highest BCUT2D eigenvalue weighted by molar-refractivity contribution is 7.07. The quantitative estimate of drug-likeness (QED) is 0.507. The molecule has 10 heteroatoms. The number of carbonyl (C=O) groups excluding carboxylic acids is 2. The first-order valence-corrected chi connectivity index (χ1v) is 10.7. The van der Waals surface area contributed by atoms with Gasteiger partial charge in [0.2, 0.25) is 5.91 Å². The number of anilines is 1. The van der Waals surface area contributed by atoms with Gasteiger partial charge in [-0.3, -0.25) is 14.2 Å². The van der Waals surface area contributed by atoms with Crippen molar-refractivity contribution in [3.8, 4) is 5.75 Å². The van der Waals surface area contributed by atoms with E-state index in [4.69, 9.17) is 4.74 Å². The van der Waals surface area contributed by atoms with Crippen LogP contribution < -0.4 is 24.8 Å². The van der Waals surface area contributed by atoms with Gasteiger partial charge in [-0.1, -0.05) is 36.4 Å². The highest BCUT2D eigenvalue weighted by atomic mass is 32.1. The number of thiazole rings is 1. The minimum Gasteiger partial charge on any atom is -0.463 e. The Bertz CT molecular complexity index is 1300. The summed E-state index contributed by atoms with van der Waals surface area (Å²) in [5.74, 6) is -1.26. The number of aromatic nitrogens is 1. The molecule has 2 aromatic carbocycles. The molecule has 0 bridgehead atoms. The van der Waals surface area contributed by atoms with Gasteiger partial charge in [-0.25, -0.2) is 4.79 Å². The number of esters is 1. The fourth-order valence-corrected chi connectivity index (χ4v) is 3.91. The molecule has 172 valence electrons. The number of hydrogen-bond donors (Lipinski definition) is 1. The number of carbonyl (C=O) groups is 2. The first-order chi connectivity index (χ1) is 15.9. The van der Waals surface area contributed by atoms with E-state index in [9.17, 15) is 23.2 Å². The molecule has 3 aromatic rings. The lowest BCUT2D eigenvalue weighted by Crippen LogP contribution is -2.36. The van der Waals surface area contributed by atoms with Gasteiger partial charge in [0.1, 0.15) is 17.0 Å². The zero-order valence-electron chi connectivity index (χ0n) is 17.5. The van der Waals surface area contributed by atoms with E-state index in [1.165, 1.54) is 24.3 Å². The van der Waals surface area contributed by atoms with E-state index in [1.54, 1.807) is 43.3 Å². The second-order valence-corrected chi connectivity index (χ2v) is 7.63. The number of hydrogen-bond acceptors (Lipinski definition) is 6. The van der Waals surface area contributed by atoms with E-state index in [0.717, 1.165) is 22.0 Å². The first-order valence-electron chi connectivity index (χ1n) is 9.86. The number of para-hydroxylation sites is 2. The Morgan fingerprint density at radius 3 is 2.52 bits per heavy atom. The third kappa shape index (κ3) is 6.59. The molecule has 7 nitrogen and oxygen atoms in total. The van der Waals surface area contributed by atoms with Gasteiger partial charge >= 0.3 is 12.6 Å². The molecule has 3 rings (SSSR count). The average Bonchev–Trinajstić information content (AvgIpc) is 3.04. The van der Waals surface area contributed by atoms with E-state index in [2.05, 4.69) is 10.1 Å². The molecule has 0 atom stereocenters. The average molecular weight is 474 g/mol. The normalized spacial score (nSPS) is 12.1. The lowest BCUT2D eigenvalue weighted by atomic mass is 10.2. The summed E-state index contributed by atoms with van der Waals surface area (Å²) in [6.07, 6.45) is 2.49. The molecule has 1 heterocycles. The third-order valence-corrected chi connectivity index (χ3v) is 5.31. The van der Waals surface area contributed by atoms with E-state index < -0.39 is 24.0 Å². The Morgan fingerprint density at radius 2 is 1.82 bits per heavy atom. The predicted molar refractivity (Wildman–Crippen MR) is 121 cm³/mol. The van der Waals surface area contributed by atoms with E-state index in [1.807, 2.05) is 0 Å². The van der Waals surface area contributed by atoms with Crippen LogP contribution in [0.4, 0.5) is 14.5 Å². The molecule has 1 N–H and O–H groups in total. The molecule has 0 aliphatic rings. The van der Waals surface area contributed by atoms with Gasteiger partial charge in [-0.2, -0.15) is 8.78 Å². The van der Waals surface area contributed by atoms with Crippen LogP contribution in [0.2, 0.25) is 0 Å². The number of amides is 1. The first kappa shape index (κ1) is 23.9. The highest BCUT2D eigenvalue weighted by Crippen LogP contribution is 2.20. The van der Waals surface area contributed by atoms with Crippen LogP contribution in [0.15, 0.2) is 59.4 Å². The van der Waals surface area contributed by atoms with Crippen molar-refractivity contribution >= 4 is 41.1 Å². The fourth-order valence-electron chi connectivity index (χ4n) is 2.89. The molecule has 0 radical (unpaired) electrons. The van der Waals surface area contributed by atoms with Crippen LogP contribution in [0, 0.1) is 0 Å². The van der Waals surface area contributed by atoms with Crippen molar-refractivity contribution in [2.45, 2.75) is 20.1 Å². The molecular formula is C23H20F2N2O5S. The summed E-state index contributed by atoms with van der Waals surface area (Å²) >= 11 is 0.926. The number of rotatable bonds is 8. The van der Waals surface area contributed by atoms with E-state index in [0.29, 0.717) is 5.69 Å². The largest absolute Gasteiger partial charge is 0.463 e. The maximum atomic E-state index is 13.1. The summed E-state index contributed by atoms with van der Waals surface area (Å²) in [7, 11) is 0. The van der Waals surface area contributed by atoms with Crippen LogP contribution in [-0.2, 0) is 20.9 Å². The van der Waals surface area contributed by atoms with Crippen LogP contribution >= 0.6 is 11.3 Å². The maximum Gasteiger partial charge on any atom is 0.387 e. The second kappa shape index (κ2) is 11.2. The van der Waals surface area contributed by atoms with Crippen molar-refractivity contribution in [1.82, 2.24) is 4.57 Å². The van der Waals surface area contributed by atoms with Crippen LogP contribution in [0.1, 0.15) is 12.5 Å². The number of nitrogens with zero attached hydrogens (tertiary/aromatic N) is 1. The van der Waals surface area contributed by atoms with Crippen molar-refractivity contribution in [2.75, 3.05) is 11.9 Å². The standard InChI is InChI=1S/C23H20F2N2O5S/c1-2-31-21(29)13-20-27(14-19(28)26-16-9-4-3-5-10-16)22(30)18(33-20)12-15-8-6-7-11-17(15)32-23(24)25/h3-13,23H,2,14H2,1H3,(H,26,28)/b18-12-,20-13+. The Kier molecular flexibility index (Phi) is 8.09. The molecule has 0 fully saturated rings. The van der Waals surface area contributed by atoms with Crippen LogP contribution in [0.3, 0.4) is 0 Å². The lowest BCUT2D eigenvalue weighted by molar-refractivity contribution is -0.135. The minimum absolute atomic E-state index is 0.107. The van der Waals surface area contributed by atoms with Crippen LogP contribution in [0.5, 0.6) is 5.75 Å². The molecule has 0 saturated carbocycles. The van der Waals surface area contributed by atoms with E-state index in [-0.39, 0.29) is 33.7 Å². The molecule has 0 aliphatic carbocycles. The van der Waals surface area contributed by atoms with Crippen LogP contribution in [-0.4, -0.2) is 29.7 Å². The summed E-state index contributed by atoms with van der Waals surface area (Å²) < 4.78 is 36.3. The van der Waals surface area contributed by atoms with Gasteiger partial charge in [0, 0.05) is 11.3 Å². The molecule has 1 amide bonds. The Balaban J connectivity index is 2.04. The number of alkyl halides is 2. The SMILES string of the molecule is CCOC(=O)/C=c1/s/c(=C\c2ccccc2OC(F)F)c(=O)n1CC(=O)Nc1ccccc1. The molecule has 0 spiro atoms. The number of ether oxygens (including phenoxy) is 2. The van der Waals surface area contributed by atoms with Gasteiger partial charge in [0.25, 0.3) is 5.56 Å². The lowest BCUT2D eigenvalue weighted by Gasteiger charge is -2.06.